The fourth-order valence-electron chi connectivity index (χ4n) is 2.05. The Labute approximate surface area is 127 Å². The number of hydrogen-bond donors (Lipinski definition) is 0. The van der Waals surface area contributed by atoms with Crippen LogP contribution in [0.1, 0.15) is 17.9 Å². The molecule has 0 radical (unpaired) electrons. The molecule has 0 spiro atoms. The van der Waals surface area contributed by atoms with Gasteiger partial charge >= 0.3 is 0 Å². The van der Waals surface area contributed by atoms with Crippen LogP contribution in [0.2, 0.25) is 0 Å². The molecular weight excluding hydrogens is 308 g/mol. The van der Waals surface area contributed by atoms with Crippen molar-refractivity contribution in [2.75, 3.05) is 19.0 Å². The van der Waals surface area contributed by atoms with Crippen molar-refractivity contribution in [3.8, 4) is 0 Å². The summed E-state index contributed by atoms with van der Waals surface area (Å²) >= 11 is 18.1. The van der Waals surface area contributed by atoms with Gasteiger partial charge in [0.1, 0.15) is 5.82 Å². The van der Waals surface area contributed by atoms with Gasteiger partial charge in [0.2, 0.25) is 0 Å². The molecule has 0 fully saturated rings. The third kappa shape index (κ3) is 3.07. The molecule has 0 heterocycles. The predicted octanol–water partition coefficient (Wildman–Crippen LogP) is 5.19. The van der Waals surface area contributed by atoms with Crippen LogP contribution >= 0.6 is 34.8 Å². The van der Waals surface area contributed by atoms with Crippen molar-refractivity contribution in [3.63, 3.8) is 0 Å². The van der Waals surface area contributed by atoms with E-state index >= 15 is 0 Å². The zero-order valence-corrected chi connectivity index (χ0v) is 12.8. The lowest BCUT2D eigenvalue weighted by molar-refractivity contribution is 0.621. The smallest absolute Gasteiger partial charge is 0.146 e. The second-order valence-corrected chi connectivity index (χ2v) is 5.94. The van der Waals surface area contributed by atoms with Gasteiger partial charge in [-0.25, -0.2) is 4.39 Å². The summed E-state index contributed by atoms with van der Waals surface area (Å²) in [7, 11) is 3.59. The van der Waals surface area contributed by atoms with Crippen LogP contribution in [-0.4, -0.2) is 14.1 Å². The lowest BCUT2D eigenvalue weighted by Gasteiger charge is -2.22. The number of halogens is 4. The SMILES string of the molecule is CN(C)c1ccc(C2CC(Cl)=C(Cl)C=C2Cl)cc1F. The Morgan fingerprint density at radius 2 is 1.89 bits per heavy atom. The van der Waals surface area contributed by atoms with Crippen LogP contribution in [-0.2, 0) is 0 Å². The minimum atomic E-state index is -0.274. The molecule has 1 aliphatic carbocycles. The highest BCUT2D eigenvalue weighted by molar-refractivity contribution is 6.42. The molecule has 5 heteroatoms. The van der Waals surface area contributed by atoms with Gasteiger partial charge in [-0.3, -0.25) is 0 Å². The Morgan fingerprint density at radius 3 is 2.47 bits per heavy atom. The van der Waals surface area contributed by atoms with Gasteiger partial charge in [0, 0.05) is 30.1 Å². The second-order valence-electron chi connectivity index (χ2n) is 4.64. The van der Waals surface area contributed by atoms with E-state index in [1.165, 1.54) is 6.07 Å². The maximum absolute atomic E-state index is 14.0. The summed E-state index contributed by atoms with van der Waals surface area (Å²) in [6.07, 6.45) is 2.12. The van der Waals surface area contributed by atoms with Crippen LogP contribution in [0.15, 0.2) is 39.4 Å². The summed E-state index contributed by atoms with van der Waals surface area (Å²) in [6, 6.07) is 5.10. The molecule has 0 N–H and O–H groups in total. The van der Waals surface area contributed by atoms with E-state index in [0.29, 0.717) is 27.2 Å². The topological polar surface area (TPSA) is 3.24 Å². The first kappa shape index (κ1) is 14.7. The van der Waals surface area contributed by atoms with Crippen LogP contribution in [0.5, 0.6) is 0 Å². The van der Waals surface area contributed by atoms with E-state index in [9.17, 15) is 4.39 Å². The van der Waals surface area contributed by atoms with Crippen molar-refractivity contribution in [1.29, 1.82) is 0 Å². The number of hydrogen-bond acceptors (Lipinski definition) is 1. The fraction of sp³-hybridized carbons (Fsp3) is 0.286. The van der Waals surface area contributed by atoms with Gasteiger partial charge in [-0.15, -0.1) is 0 Å². The summed E-state index contributed by atoms with van der Waals surface area (Å²) in [5.41, 5.74) is 1.34. The fourth-order valence-corrected chi connectivity index (χ4v) is 2.83. The molecular formula is C14H13Cl3FN. The average Bonchev–Trinajstić information content (AvgIpc) is 2.33. The Bertz CT molecular complexity index is 564. The molecule has 102 valence electrons. The van der Waals surface area contributed by atoms with Gasteiger partial charge < -0.3 is 4.90 Å². The van der Waals surface area contributed by atoms with E-state index in [0.717, 1.165) is 5.56 Å². The largest absolute Gasteiger partial charge is 0.375 e. The molecule has 0 aliphatic heterocycles. The maximum atomic E-state index is 14.0. The van der Waals surface area contributed by atoms with Crippen molar-refractivity contribution in [1.82, 2.24) is 0 Å². The summed E-state index contributed by atoms with van der Waals surface area (Å²) < 4.78 is 14.0. The normalized spacial score (nSPS) is 19.5. The highest BCUT2D eigenvalue weighted by atomic mass is 35.5. The van der Waals surface area contributed by atoms with Gasteiger partial charge in [0.25, 0.3) is 0 Å². The van der Waals surface area contributed by atoms with E-state index < -0.39 is 0 Å². The minimum Gasteiger partial charge on any atom is -0.375 e. The molecule has 0 saturated heterocycles. The Morgan fingerprint density at radius 1 is 1.21 bits per heavy atom. The molecule has 1 aromatic rings. The highest BCUT2D eigenvalue weighted by Gasteiger charge is 2.23. The predicted molar refractivity (Wildman–Crippen MR) is 80.8 cm³/mol. The summed E-state index contributed by atoms with van der Waals surface area (Å²) in [6.45, 7) is 0. The number of benzene rings is 1. The van der Waals surface area contributed by atoms with Crippen LogP contribution in [0.25, 0.3) is 0 Å². The zero-order valence-electron chi connectivity index (χ0n) is 10.6. The van der Waals surface area contributed by atoms with Crippen molar-refractivity contribution >= 4 is 40.5 Å². The molecule has 1 unspecified atom stereocenters. The van der Waals surface area contributed by atoms with E-state index in [-0.39, 0.29) is 11.7 Å². The number of anilines is 1. The monoisotopic (exact) mass is 319 g/mol. The summed E-state index contributed by atoms with van der Waals surface area (Å²) in [5.74, 6) is -0.411. The molecule has 1 aromatic carbocycles. The van der Waals surface area contributed by atoms with Gasteiger partial charge in [-0.2, -0.15) is 0 Å². The van der Waals surface area contributed by atoms with Crippen molar-refractivity contribution in [3.05, 3.63) is 50.8 Å². The Balaban J connectivity index is 2.35. The van der Waals surface area contributed by atoms with Crippen LogP contribution < -0.4 is 4.90 Å². The van der Waals surface area contributed by atoms with E-state index in [1.54, 1.807) is 31.1 Å². The van der Waals surface area contributed by atoms with E-state index in [1.807, 2.05) is 6.07 Å². The summed E-state index contributed by atoms with van der Waals surface area (Å²) in [5, 5.41) is 1.58. The van der Waals surface area contributed by atoms with Gasteiger partial charge in [-0.05, 0) is 30.2 Å². The first-order valence-corrected chi connectivity index (χ1v) is 6.91. The highest BCUT2D eigenvalue weighted by Crippen LogP contribution is 2.41. The maximum Gasteiger partial charge on any atom is 0.146 e. The van der Waals surface area contributed by atoms with Gasteiger partial charge in [0.05, 0.1) is 10.7 Å². The molecule has 0 amide bonds. The lowest BCUT2D eigenvalue weighted by Crippen LogP contribution is -2.11. The number of nitrogens with zero attached hydrogens (tertiary/aromatic N) is 1. The van der Waals surface area contributed by atoms with Crippen molar-refractivity contribution in [2.45, 2.75) is 12.3 Å². The van der Waals surface area contributed by atoms with E-state index in [2.05, 4.69) is 0 Å². The standard InChI is InChI=1S/C14H13Cl3FN/c1-19(2)14-4-3-8(5-13(14)18)9-6-11(16)12(17)7-10(9)15/h3-5,7,9H,6H2,1-2H3. The van der Waals surface area contributed by atoms with Crippen LogP contribution in [0, 0.1) is 5.82 Å². The molecule has 2 rings (SSSR count). The van der Waals surface area contributed by atoms with E-state index in [4.69, 9.17) is 34.8 Å². The van der Waals surface area contributed by atoms with Crippen molar-refractivity contribution in [2.24, 2.45) is 0 Å². The molecule has 1 nitrogen and oxygen atoms in total. The first-order valence-electron chi connectivity index (χ1n) is 5.78. The summed E-state index contributed by atoms with van der Waals surface area (Å²) in [4.78, 5) is 1.72. The zero-order chi connectivity index (χ0) is 14.2. The second kappa shape index (κ2) is 5.74. The van der Waals surface area contributed by atoms with Gasteiger partial charge in [0.15, 0.2) is 0 Å². The Kier molecular flexibility index (Phi) is 4.44. The molecule has 0 aromatic heterocycles. The number of rotatable bonds is 2. The lowest BCUT2D eigenvalue weighted by atomic mass is 9.91. The third-order valence-electron chi connectivity index (χ3n) is 3.10. The number of allylic oxidation sites excluding steroid dienone is 4. The molecule has 0 saturated carbocycles. The molecule has 19 heavy (non-hydrogen) atoms. The minimum absolute atomic E-state index is 0.137. The van der Waals surface area contributed by atoms with Crippen molar-refractivity contribution < 1.29 is 4.39 Å². The molecule has 1 atom stereocenters. The Hall–Kier alpha value is -0.700. The molecule has 0 bridgehead atoms. The molecule has 1 aliphatic rings. The average molecular weight is 321 g/mol. The first-order chi connectivity index (χ1) is 8.90. The van der Waals surface area contributed by atoms with Crippen LogP contribution in [0.3, 0.4) is 0 Å². The third-order valence-corrected chi connectivity index (χ3v) is 4.26. The van der Waals surface area contributed by atoms with Crippen LogP contribution in [0.4, 0.5) is 10.1 Å². The van der Waals surface area contributed by atoms with Gasteiger partial charge in [-0.1, -0.05) is 40.9 Å². The quantitative estimate of drug-likeness (QED) is 0.724.